The number of carbonyl (C=O) groups excluding carboxylic acids is 2. The Labute approximate surface area is 223 Å². The standard InChI is InChI=1S/C26H18F4N2O6S/c1-2-37-22-11-16(12-23-24(33)31(25(34)39-23)14-15-3-7-18(27)8-4-15)5-9-21(22)38-20-10-6-17(26(28,29)30)13-19(20)32(35)36/h3-13H,2,14H2,1H3/b23-12+. The quantitative estimate of drug-likeness (QED) is 0.124. The normalized spacial score (nSPS) is 14.7. The van der Waals surface area contributed by atoms with E-state index in [1.807, 2.05) is 0 Å². The highest BCUT2D eigenvalue weighted by Crippen LogP contribution is 2.41. The van der Waals surface area contributed by atoms with E-state index >= 15 is 0 Å². The minimum atomic E-state index is -4.78. The maximum Gasteiger partial charge on any atom is 0.416 e. The molecule has 0 aliphatic carbocycles. The number of benzene rings is 3. The van der Waals surface area contributed by atoms with Crippen LogP contribution >= 0.6 is 11.8 Å². The van der Waals surface area contributed by atoms with Crippen LogP contribution in [-0.4, -0.2) is 27.6 Å². The van der Waals surface area contributed by atoms with Gasteiger partial charge in [-0.2, -0.15) is 13.2 Å². The second kappa shape index (κ2) is 11.2. The van der Waals surface area contributed by atoms with E-state index in [-0.39, 0.29) is 29.6 Å². The average Bonchev–Trinajstić information content (AvgIpc) is 3.13. The van der Waals surface area contributed by atoms with Crippen molar-refractivity contribution in [2.45, 2.75) is 19.6 Å². The number of hydrogen-bond acceptors (Lipinski definition) is 7. The van der Waals surface area contributed by atoms with Gasteiger partial charge in [-0.25, -0.2) is 4.39 Å². The summed E-state index contributed by atoms with van der Waals surface area (Å²) in [5, 5.41) is 10.9. The van der Waals surface area contributed by atoms with Crippen LogP contribution in [0.2, 0.25) is 0 Å². The number of imide groups is 1. The molecule has 1 aliphatic rings. The average molecular weight is 562 g/mol. The molecule has 8 nitrogen and oxygen atoms in total. The first-order valence-electron chi connectivity index (χ1n) is 11.3. The third-order valence-electron chi connectivity index (χ3n) is 5.40. The van der Waals surface area contributed by atoms with E-state index < -0.39 is 45.1 Å². The van der Waals surface area contributed by atoms with Crippen LogP contribution in [0.4, 0.5) is 28.0 Å². The minimum Gasteiger partial charge on any atom is -0.490 e. The summed E-state index contributed by atoms with van der Waals surface area (Å²) in [6.07, 6.45) is -3.33. The number of nitro groups is 1. The SMILES string of the molecule is CCOc1cc(/C=C2/SC(=O)N(Cc3ccc(F)cc3)C2=O)ccc1Oc1ccc(C(F)(F)F)cc1[N+](=O)[O-]. The van der Waals surface area contributed by atoms with Crippen LogP contribution in [0.25, 0.3) is 6.08 Å². The highest BCUT2D eigenvalue weighted by Gasteiger charge is 2.35. The molecule has 202 valence electrons. The Balaban J connectivity index is 1.59. The van der Waals surface area contributed by atoms with Crippen molar-refractivity contribution in [3.63, 3.8) is 0 Å². The van der Waals surface area contributed by atoms with E-state index in [0.717, 1.165) is 22.7 Å². The van der Waals surface area contributed by atoms with E-state index in [9.17, 15) is 37.3 Å². The lowest BCUT2D eigenvalue weighted by atomic mass is 10.1. The summed E-state index contributed by atoms with van der Waals surface area (Å²) in [4.78, 5) is 36.9. The molecule has 2 amide bonds. The largest absolute Gasteiger partial charge is 0.490 e. The summed E-state index contributed by atoms with van der Waals surface area (Å²) < 4.78 is 63.3. The van der Waals surface area contributed by atoms with Gasteiger partial charge < -0.3 is 9.47 Å². The zero-order valence-corrected chi connectivity index (χ0v) is 20.8. The molecule has 1 fully saturated rings. The Kier molecular flexibility index (Phi) is 7.90. The molecule has 0 atom stereocenters. The highest BCUT2D eigenvalue weighted by molar-refractivity contribution is 8.18. The summed E-state index contributed by atoms with van der Waals surface area (Å²) in [7, 11) is 0. The maximum absolute atomic E-state index is 13.2. The molecular formula is C26H18F4N2O6S. The lowest BCUT2D eigenvalue weighted by molar-refractivity contribution is -0.385. The number of amides is 2. The fraction of sp³-hybridized carbons (Fsp3) is 0.154. The molecule has 0 N–H and O–H groups in total. The molecule has 0 unspecified atom stereocenters. The zero-order valence-electron chi connectivity index (χ0n) is 20.0. The van der Waals surface area contributed by atoms with Crippen LogP contribution in [0.3, 0.4) is 0 Å². The zero-order chi connectivity index (χ0) is 28.3. The smallest absolute Gasteiger partial charge is 0.416 e. The van der Waals surface area contributed by atoms with E-state index in [2.05, 4.69) is 0 Å². The van der Waals surface area contributed by atoms with Crippen LogP contribution in [-0.2, 0) is 17.5 Å². The van der Waals surface area contributed by atoms with Gasteiger partial charge in [-0.15, -0.1) is 0 Å². The number of nitro benzene ring substituents is 1. The van der Waals surface area contributed by atoms with Gasteiger partial charge in [0.2, 0.25) is 5.75 Å². The summed E-state index contributed by atoms with van der Waals surface area (Å²) in [5.74, 6) is -1.33. The molecule has 0 aromatic heterocycles. The van der Waals surface area contributed by atoms with Crippen LogP contribution in [0.5, 0.6) is 17.2 Å². The Bertz CT molecular complexity index is 1470. The number of ether oxygens (including phenoxy) is 2. The fourth-order valence-corrected chi connectivity index (χ4v) is 4.41. The van der Waals surface area contributed by atoms with Gasteiger partial charge in [-0.3, -0.25) is 24.6 Å². The van der Waals surface area contributed by atoms with E-state index in [1.165, 1.54) is 48.5 Å². The molecule has 3 aromatic carbocycles. The predicted molar refractivity (Wildman–Crippen MR) is 134 cm³/mol. The van der Waals surface area contributed by atoms with Crippen LogP contribution in [0.15, 0.2) is 65.6 Å². The molecule has 3 aromatic rings. The number of alkyl halides is 3. The Morgan fingerprint density at radius 3 is 2.33 bits per heavy atom. The van der Waals surface area contributed by atoms with E-state index in [1.54, 1.807) is 6.92 Å². The molecule has 4 rings (SSSR count). The molecule has 1 aliphatic heterocycles. The summed E-state index contributed by atoms with van der Waals surface area (Å²) >= 11 is 0.719. The Morgan fingerprint density at radius 2 is 1.69 bits per heavy atom. The third kappa shape index (κ3) is 6.37. The van der Waals surface area contributed by atoms with Crippen molar-refractivity contribution in [1.29, 1.82) is 0 Å². The molecule has 13 heteroatoms. The van der Waals surface area contributed by atoms with E-state index in [0.29, 0.717) is 23.3 Å². The first-order chi connectivity index (χ1) is 18.5. The lowest BCUT2D eigenvalue weighted by Gasteiger charge is -2.14. The van der Waals surface area contributed by atoms with Crippen LogP contribution in [0, 0.1) is 15.9 Å². The first kappa shape index (κ1) is 27.6. The van der Waals surface area contributed by atoms with Gasteiger partial charge in [0.1, 0.15) is 5.82 Å². The van der Waals surface area contributed by atoms with Crippen molar-refractivity contribution in [3.8, 4) is 17.2 Å². The van der Waals surface area contributed by atoms with Gasteiger partial charge in [-0.05, 0) is 72.3 Å². The molecular weight excluding hydrogens is 544 g/mol. The van der Waals surface area contributed by atoms with E-state index in [4.69, 9.17) is 9.47 Å². The highest BCUT2D eigenvalue weighted by atomic mass is 32.2. The monoisotopic (exact) mass is 562 g/mol. The van der Waals surface area contributed by atoms with Crippen molar-refractivity contribution in [2.75, 3.05) is 6.61 Å². The minimum absolute atomic E-state index is 0.0127. The molecule has 0 radical (unpaired) electrons. The maximum atomic E-state index is 13.2. The van der Waals surface area contributed by atoms with Crippen molar-refractivity contribution >= 4 is 34.7 Å². The Hall–Kier alpha value is -4.39. The van der Waals surface area contributed by atoms with Crippen molar-refractivity contribution in [3.05, 3.63) is 98.2 Å². The van der Waals surface area contributed by atoms with Gasteiger partial charge in [-0.1, -0.05) is 18.2 Å². The van der Waals surface area contributed by atoms with Gasteiger partial charge in [0.15, 0.2) is 11.5 Å². The van der Waals surface area contributed by atoms with Gasteiger partial charge in [0, 0.05) is 6.07 Å². The Morgan fingerprint density at radius 1 is 1.00 bits per heavy atom. The summed E-state index contributed by atoms with van der Waals surface area (Å²) in [5.41, 5.74) is -1.08. The number of thioether (sulfide) groups is 1. The van der Waals surface area contributed by atoms with Gasteiger partial charge in [0.25, 0.3) is 11.1 Å². The number of carbonyl (C=O) groups is 2. The van der Waals surface area contributed by atoms with Crippen molar-refractivity contribution < 1.29 is 41.5 Å². The third-order valence-corrected chi connectivity index (χ3v) is 6.30. The van der Waals surface area contributed by atoms with Gasteiger partial charge in [0.05, 0.1) is 28.5 Å². The second-order valence-corrected chi connectivity index (χ2v) is 9.07. The molecule has 1 saturated heterocycles. The molecule has 0 spiro atoms. The molecule has 39 heavy (non-hydrogen) atoms. The van der Waals surface area contributed by atoms with Crippen LogP contribution < -0.4 is 9.47 Å². The number of hydrogen-bond donors (Lipinski definition) is 0. The lowest BCUT2D eigenvalue weighted by Crippen LogP contribution is -2.27. The summed E-state index contributed by atoms with van der Waals surface area (Å²) in [6, 6.07) is 11.6. The topological polar surface area (TPSA) is 99.0 Å². The number of nitrogens with zero attached hydrogens (tertiary/aromatic N) is 2. The predicted octanol–water partition coefficient (Wildman–Crippen LogP) is 7.18. The fourth-order valence-electron chi connectivity index (χ4n) is 3.57. The number of halogens is 4. The molecule has 1 heterocycles. The van der Waals surface area contributed by atoms with Crippen LogP contribution in [0.1, 0.15) is 23.6 Å². The second-order valence-electron chi connectivity index (χ2n) is 8.07. The van der Waals surface area contributed by atoms with Crippen molar-refractivity contribution in [1.82, 2.24) is 4.90 Å². The molecule has 0 bridgehead atoms. The van der Waals surface area contributed by atoms with Crippen molar-refractivity contribution in [2.24, 2.45) is 0 Å². The van der Waals surface area contributed by atoms with Gasteiger partial charge >= 0.3 is 11.9 Å². The summed E-state index contributed by atoms with van der Waals surface area (Å²) in [6.45, 7) is 1.78. The first-order valence-corrected chi connectivity index (χ1v) is 12.1. The number of rotatable bonds is 8. The molecule has 0 saturated carbocycles.